The first-order chi connectivity index (χ1) is 10.9. The molecule has 23 heavy (non-hydrogen) atoms. The van der Waals surface area contributed by atoms with Crippen LogP contribution in [0.3, 0.4) is 0 Å². The monoisotopic (exact) mass is 356 g/mol. The zero-order valence-electron chi connectivity index (χ0n) is 11.6. The minimum Gasteiger partial charge on any atom is -0.308 e. The number of nitrogens with zero attached hydrogens (tertiary/aromatic N) is 3. The van der Waals surface area contributed by atoms with Crippen molar-refractivity contribution < 1.29 is 19.2 Å². The lowest BCUT2D eigenvalue weighted by molar-refractivity contribution is -0.143. The van der Waals surface area contributed by atoms with Crippen LogP contribution in [-0.2, 0) is 14.4 Å². The Hall–Kier alpha value is -2.19. The second kappa shape index (κ2) is 5.78. The molecular weight excluding hydrogens is 347 g/mol. The van der Waals surface area contributed by atoms with Crippen LogP contribution in [0.4, 0.5) is 10.6 Å². The van der Waals surface area contributed by atoms with Crippen molar-refractivity contribution in [1.82, 2.24) is 14.8 Å². The third-order valence-electron chi connectivity index (χ3n) is 3.36. The second-order valence-electron chi connectivity index (χ2n) is 5.11. The van der Waals surface area contributed by atoms with Gasteiger partial charge in [-0.15, -0.1) is 0 Å². The van der Waals surface area contributed by atoms with Crippen molar-refractivity contribution in [1.29, 1.82) is 0 Å². The molecule has 2 aliphatic rings. The predicted octanol–water partition coefficient (Wildman–Crippen LogP) is 1.28. The van der Waals surface area contributed by atoms with E-state index in [1.165, 1.54) is 12.3 Å². The molecule has 8 nitrogen and oxygen atoms in total. The van der Waals surface area contributed by atoms with Crippen molar-refractivity contribution in [3.05, 3.63) is 22.3 Å². The van der Waals surface area contributed by atoms with E-state index in [1.807, 2.05) is 0 Å². The summed E-state index contributed by atoms with van der Waals surface area (Å²) in [6.45, 7) is -0.590. The minimum atomic E-state index is -1.01. The van der Waals surface area contributed by atoms with Crippen molar-refractivity contribution >= 4 is 52.8 Å². The number of halogens is 2. The molecule has 1 N–H and O–H groups in total. The third kappa shape index (κ3) is 2.99. The van der Waals surface area contributed by atoms with Crippen LogP contribution < -0.4 is 5.32 Å². The lowest BCUT2D eigenvalue weighted by Crippen LogP contribution is -2.39. The molecule has 0 aromatic carbocycles. The highest BCUT2D eigenvalue weighted by Gasteiger charge is 2.51. The van der Waals surface area contributed by atoms with Crippen LogP contribution >= 0.6 is 23.2 Å². The summed E-state index contributed by atoms with van der Waals surface area (Å²) >= 11 is 11.6. The average molecular weight is 357 g/mol. The molecule has 0 atom stereocenters. The number of pyridine rings is 1. The lowest BCUT2D eigenvalue weighted by Gasteiger charge is -2.14. The number of hydrogen-bond donors (Lipinski definition) is 1. The fourth-order valence-electron chi connectivity index (χ4n) is 2.14. The molecule has 1 aromatic heterocycles. The summed E-state index contributed by atoms with van der Waals surface area (Å²) in [5.41, 5.74) is 0. The van der Waals surface area contributed by atoms with E-state index in [1.54, 1.807) is 0 Å². The van der Waals surface area contributed by atoms with Crippen LogP contribution in [0.1, 0.15) is 12.8 Å². The number of nitrogens with one attached hydrogen (secondary N) is 1. The lowest BCUT2D eigenvalue weighted by atomic mass is 10.4. The normalized spacial score (nSPS) is 17.9. The average Bonchev–Trinajstić information content (AvgIpc) is 3.28. The molecule has 1 aliphatic carbocycles. The second-order valence-corrected chi connectivity index (χ2v) is 5.96. The molecule has 5 amide bonds. The van der Waals surface area contributed by atoms with Gasteiger partial charge in [0.25, 0.3) is 0 Å². The molecule has 0 unspecified atom stereocenters. The van der Waals surface area contributed by atoms with Gasteiger partial charge in [0.05, 0.1) is 10.0 Å². The Morgan fingerprint density at radius 1 is 1.26 bits per heavy atom. The smallest absolute Gasteiger partial charge is 0.308 e. The van der Waals surface area contributed by atoms with Crippen molar-refractivity contribution in [2.24, 2.45) is 0 Å². The number of amides is 5. The predicted molar refractivity (Wildman–Crippen MR) is 79.9 cm³/mol. The van der Waals surface area contributed by atoms with E-state index in [-0.39, 0.29) is 16.9 Å². The number of urea groups is 1. The largest absolute Gasteiger partial charge is 0.334 e. The van der Waals surface area contributed by atoms with Crippen LogP contribution in [0.2, 0.25) is 10.0 Å². The fraction of sp³-hybridized carbons (Fsp3) is 0.308. The summed E-state index contributed by atoms with van der Waals surface area (Å²) in [4.78, 5) is 53.0. The standard InChI is InChI=1S/C13H10Cl2N4O4/c14-6-3-8(15)10(16-4-6)17-9(20)5-18-11(21)12(22)19(13(18)23)7-1-2-7/h3-4,7H,1-2,5H2,(H,16,17,20). The third-order valence-corrected chi connectivity index (χ3v) is 3.86. The summed E-state index contributed by atoms with van der Waals surface area (Å²) in [5.74, 6) is -2.56. The number of carbonyl (C=O) groups is 4. The Kier molecular flexibility index (Phi) is 3.95. The minimum absolute atomic E-state index is 0.0468. The van der Waals surface area contributed by atoms with Gasteiger partial charge in [-0.3, -0.25) is 19.3 Å². The Morgan fingerprint density at radius 2 is 1.96 bits per heavy atom. The maximum atomic E-state index is 12.1. The molecule has 1 saturated carbocycles. The van der Waals surface area contributed by atoms with Crippen LogP contribution in [0.5, 0.6) is 0 Å². The van der Waals surface area contributed by atoms with Crippen molar-refractivity contribution in [2.45, 2.75) is 18.9 Å². The maximum absolute atomic E-state index is 12.1. The number of anilines is 1. The first-order valence-corrected chi connectivity index (χ1v) is 7.44. The fourth-order valence-corrected chi connectivity index (χ4v) is 2.57. The van der Waals surface area contributed by atoms with Crippen molar-refractivity contribution in [3.63, 3.8) is 0 Å². The van der Waals surface area contributed by atoms with Crippen molar-refractivity contribution in [3.8, 4) is 0 Å². The highest BCUT2D eigenvalue weighted by atomic mass is 35.5. The van der Waals surface area contributed by atoms with E-state index in [2.05, 4.69) is 10.3 Å². The number of imide groups is 2. The van der Waals surface area contributed by atoms with Gasteiger partial charge in [0, 0.05) is 12.2 Å². The van der Waals surface area contributed by atoms with Gasteiger partial charge >= 0.3 is 17.8 Å². The van der Waals surface area contributed by atoms with Gasteiger partial charge in [0.2, 0.25) is 5.91 Å². The highest BCUT2D eigenvalue weighted by Crippen LogP contribution is 2.31. The molecular formula is C13H10Cl2N4O4. The van der Waals surface area contributed by atoms with Crippen LogP contribution in [0.25, 0.3) is 0 Å². The molecule has 3 rings (SSSR count). The number of aromatic nitrogens is 1. The molecule has 1 aliphatic heterocycles. The van der Waals surface area contributed by atoms with Crippen LogP contribution in [0.15, 0.2) is 12.3 Å². The highest BCUT2D eigenvalue weighted by molar-refractivity contribution is 6.45. The van der Waals surface area contributed by atoms with Gasteiger partial charge in [-0.2, -0.15) is 0 Å². The Labute approximate surface area is 140 Å². The summed E-state index contributed by atoms with van der Waals surface area (Å²) < 4.78 is 0. The van der Waals surface area contributed by atoms with E-state index < -0.39 is 30.3 Å². The van der Waals surface area contributed by atoms with Gasteiger partial charge in [-0.25, -0.2) is 14.7 Å². The van der Waals surface area contributed by atoms with Crippen molar-refractivity contribution in [2.75, 3.05) is 11.9 Å². The zero-order chi connectivity index (χ0) is 16.7. The molecule has 0 spiro atoms. The molecule has 0 radical (unpaired) electrons. The van der Waals surface area contributed by atoms with Gasteiger partial charge in [0.15, 0.2) is 5.82 Å². The molecule has 120 valence electrons. The van der Waals surface area contributed by atoms with E-state index in [4.69, 9.17) is 23.2 Å². The van der Waals surface area contributed by atoms with Gasteiger partial charge in [-0.1, -0.05) is 23.2 Å². The molecule has 2 fully saturated rings. The summed E-state index contributed by atoms with van der Waals surface area (Å²) in [7, 11) is 0. The van der Waals surface area contributed by atoms with Crippen LogP contribution in [-0.4, -0.2) is 51.1 Å². The Balaban J connectivity index is 1.69. The van der Waals surface area contributed by atoms with E-state index >= 15 is 0 Å². The van der Waals surface area contributed by atoms with Gasteiger partial charge in [0.1, 0.15) is 6.54 Å². The van der Waals surface area contributed by atoms with Gasteiger partial charge < -0.3 is 5.32 Å². The molecule has 10 heteroatoms. The number of carbonyl (C=O) groups excluding carboxylic acids is 4. The molecule has 2 heterocycles. The zero-order valence-corrected chi connectivity index (χ0v) is 13.1. The van der Waals surface area contributed by atoms with E-state index in [0.29, 0.717) is 22.8 Å². The maximum Gasteiger partial charge on any atom is 0.334 e. The SMILES string of the molecule is O=C(CN1C(=O)C(=O)N(C2CC2)C1=O)Nc1ncc(Cl)cc1Cl. The topological polar surface area (TPSA) is 99.7 Å². The number of hydrogen-bond acceptors (Lipinski definition) is 5. The molecule has 0 bridgehead atoms. The Bertz CT molecular complexity index is 735. The summed E-state index contributed by atoms with van der Waals surface area (Å²) in [5, 5.41) is 2.77. The van der Waals surface area contributed by atoms with Gasteiger partial charge in [-0.05, 0) is 18.9 Å². The molecule has 1 aromatic rings. The Morgan fingerprint density at radius 3 is 2.57 bits per heavy atom. The van der Waals surface area contributed by atoms with E-state index in [9.17, 15) is 19.2 Å². The van der Waals surface area contributed by atoms with Crippen LogP contribution in [0, 0.1) is 0 Å². The summed E-state index contributed by atoms with van der Waals surface area (Å²) in [6.07, 6.45) is 2.64. The first-order valence-electron chi connectivity index (χ1n) is 6.68. The summed E-state index contributed by atoms with van der Waals surface area (Å²) in [6, 6.07) is 0.378. The van der Waals surface area contributed by atoms with E-state index in [0.717, 1.165) is 4.90 Å². The number of rotatable bonds is 4. The first kappa shape index (κ1) is 15.7. The molecule has 1 saturated heterocycles. The quantitative estimate of drug-likeness (QED) is 0.646.